The number of esters is 1. The smallest absolute Gasteiger partial charge is 0.306 e. The monoisotopic (exact) mass is 472 g/mol. The molecule has 2 rings (SSSR count). The van der Waals surface area contributed by atoms with E-state index >= 15 is 0 Å². The number of methoxy groups -OCH3 is 1. The predicted octanol–water partition coefficient (Wildman–Crippen LogP) is 3.70. The van der Waals surface area contributed by atoms with E-state index < -0.39 is 5.97 Å². The highest BCUT2D eigenvalue weighted by atomic mass is 16.5. The minimum atomic E-state index is -0.429. The number of carbonyl (C=O) groups is 3. The number of amides is 2. The second kappa shape index (κ2) is 11.7. The van der Waals surface area contributed by atoms with Crippen LogP contribution in [0.4, 0.5) is 5.82 Å². The van der Waals surface area contributed by atoms with Crippen molar-refractivity contribution in [3.63, 3.8) is 0 Å². The molecule has 1 aromatic heterocycles. The van der Waals surface area contributed by atoms with E-state index in [1.54, 1.807) is 18.7 Å². The Morgan fingerprint density at radius 3 is 2.29 bits per heavy atom. The molecule has 2 amide bonds. The van der Waals surface area contributed by atoms with Crippen molar-refractivity contribution in [2.45, 2.75) is 65.8 Å². The van der Waals surface area contributed by atoms with E-state index in [-0.39, 0.29) is 49.3 Å². The van der Waals surface area contributed by atoms with E-state index in [9.17, 15) is 14.4 Å². The molecule has 2 aromatic rings. The summed E-state index contributed by atoms with van der Waals surface area (Å²) in [6.07, 6.45) is -0.0288. The molecule has 0 aliphatic rings. The molecule has 34 heavy (non-hydrogen) atoms. The Balaban J connectivity index is 2.21. The lowest BCUT2D eigenvalue weighted by Gasteiger charge is -2.26. The van der Waals surface area contributed by atoms with Gasteiger partial charge in [-0.25, -0.2) is 4.68 Å². The molecule has 0 unspecified atom stereocenters. The lowest BCUT2D eigenvalue weighted by atomic mass is 9.92. The van der Waals surface area contributed by atoms with Gasteiger partial charge in [0.1, 0.15) is 18.1 Å². The number of nitrogens with zero attached hydrogens (tertiary/aromatic N) is 3. The van der Waals surface area contributed by atoms with Gasteiger partial charge in [0.05, 0.1) is 31.5 Å². The molecule has 1 heterocycles. The zero-order valence-corrected chi connectivity index (χ0v) is 21.2. The topological polar surface area (TPSA) is 103 Å². The summed E-state index contributed by atoms with van der Waals surface area (Å²) in [5.74, 6) is 0.155. The summed E-state index contributed by atoms with van der Waals surface area (Å²) in [4.78, 5) is 38.7. The summed E-state index contributed by atoms with van der Waals surface area (Å²) in [5, 5.41) is 7.61. The molecule has 0 spiro atoms. The van der Waals surface area contributed by atoms with Gasteiger partial charge in [-0.15, -0.1) is 0 Å². The molecule has 0 bridgehead atoms. The maximum Gasteiger partial charge on any atom is 0.306 e. The Hall–Kier alpha value is -3.36. The van der Waals surface area contributed by atoms with Crippen LogP contribution in [0.25, 0.3) is 5.69 Å². The fraction of sp³-hybridized carbons (Fsp3) is 0.520. The fourth-order valence-electron chi connectivity index (χ4n) is 3.24. The molecule has 0 radical (unpaired) electrons. The number of ether oxygens (including phenoxy) is 2. The predicted molar refractivity (Wildman–Crippen MR) is 130 cm³/mol. The van der Waals surface area contributed by atoms with Gasteiger partial charge in [0.15, 0.2) is 0 Å². The molecule has 0 saturated carbocycles. The second-order valence-corrected chi connectivity index (χ2v) is 9.24. The first kappa shape index (κ1) is 26.9. The van der Waals surface area contributed by atoms with Gasteiger partial charge in [0.2, 0.25) is 11.8 Å². The number of nitrogens with one attached hydrogen (secondary N) is 1. The third kappa shape index (κ3) is 7.33. The molecule has 1 aromatic carbocycles. The van der Waals surface area contributed by atoms with Crippen molar-refractivity contribution in [1.82, 2.24) is 14.7 Å². The van der Waals surface area contributed by atoms with Crippen molar-refractivity contribution in [2.24, 2.45) is 0 Å². The number of benzene rings is 1. The van der Waals surface area contributed by atoms with Crippen LogP contribution >= 0.6 is 0 Å². The van der Waals surface area contributed by atoms with Gasteiger partial charge < -0.3 is 19.7 Å². The van der Waals surface area contributed by atoms with E-state index in [0.717, 1.165) is 11.4 Å². The Morgan fingerprint density at radius 2 is 1.76 bits per heavy atom. The number of hydrogen-bond donors (Lipinski definition) is 1. The summed E-state index contributed by atoms with van der Waals surface area (Å²) >= 11 is 0. The molecule has 9 nitrogen and oxygen atoms in total. The third-order valence-corrected chi connectivity index (χ3v) is 5.17. The first-order chi connectivity index (χ1) is 16.0. The summed E-state index contributed by atoms with van der Waals surface area (Å²) < 4.78 is 11.8. The maximum absolute atomic E-state index is 13.0. The minimum absolute atomic E-state index is 0.0117. The van der Waals surface area contributed by atoms with Gasteiger partial charge in [-0.05, 0) is 45.0 Å². The fourth-order valence-corrected chi connectivity index (χ4v) is 3.24. The largest absolute Gasteiger partial charge is 0.497 e. The Labute approximate surface area is 201 Å². The Kier molecular flexibility index (Phi) is 9.23. The van der Waals surface area contributed by atoms with Crippen molar-refractivity contribution in [2.75, 3.05) is 25.6 Å². The number of aromatic nitrogens is 2. The standard InChI is InChI=1S/C25H36N4O5/c1-8-34-24(32)14-13-23(31)28(17(2)3)16-22(30)26-21-15-20(25(4,5)6)27-29(21)18-9-11-19(33-7)12-10-18/h9-12,15,17H,8,13-14,16H2,1-7H3,(H,26,30). The van der Waals surface area contributed by atoms with Crippen LogP contribution in [-0.4, -0.2) is 58.8 Å². The molecule has 186 valence electrons. The van der Waals surface area contributed by atoms with Gasteiger partial charge in [0, 0.05) is 23.9 Å². The molecule has 0 saturated heterocycles. The maximum atomic E-state index is 13.0. The van der Waals surface area contributed by atoms with E-state index in [2.05, 4.69) is 5.32 Å². The first-order valence-electron chi connectivity index (χ1n) is 11.5. The highest BCUT2D eigenvalue weighted by Gasteiger charge is 2.24. The molecular weight excluding hydrogens is 436 g/mol. The SMILES string of the molecule is CCOC(=O)CCC(=O)N(CC(=O)Nc1cc(C(C)(C)C)nn1-c1ccc(OC)cc1)C(C)C. The van der Waals surface area contributed by atoms with E-state index in [1.165, 1.54) is 4.90 Å². The number of carbonyl (C=O) groups excluding carboxylic acids is 3. The van der Waals surface area contributed by atoms with Crippen molar-refractivity contribution in [3.05, 3.63) is 36.0 Å². The van der Waals surface area contributed by atoms with Gasteiger partial charge >= 0.3 is 5.97 Å². The molecular formula is C25H36N4O5. The van der Waals surface area contributed by atoms with Crippen LogP contribution in [0.2, 0.25) is 0 Å². The van der Waals surface area contributed by atoms with Crippen LogP contribution in [0.5, 0.6) is 5.75 Å². The van der Waals surface area contributed by atoms with Crippen LogP contribution in [0.3, 0.4) is 0 Å². The van der Waals surface area contributed by atoms with Crippen LogP contribution in [-0.2, 0) is 24.5 Å². The van der Waals surface area contributed by atoms with Gasteiger partial charge in [0.25, 0.3) is 0 Å². The van der Waals surface area contributed by atoms with Crippen LogP contribution in [0.15, 0.2) is 30.3 Å². The second-order valence-electron chi connectivity index (χ2n) is 9.24. The van der Waals surface area contributed by atoms with Crippen LogP contribution in [0, 0.1) is 0 Å². The molecule has 0 fully saturated rings. The number of rotatable bonds is 10. The summed E-state index contributed by atoms with van der Waals surface area (Å²) in [7, 11) is 1.60. The zero-order chi connectivity index (χ0) is 25.5. The average molecular weight is 473 g/mol. The first-order valence-corrected chi connectivity index (χ1v) is 11.5. The normalized spacial score (nSPS) is 11.3. The molecule has 0 atom stereocenters. The Bertz CT molecular complexity index is 990. The van der Waals surface area contributed by atoms with E-state index in [0.29, 0.717) is 11.6 Å². The zero-order valence-electron chi connectivity index (χ0n) is 21.2. The average Bonchev–Trinajstić information content (AvgIpc) is 3.20. The van der Waals surface area contributed by atoms with Crippen LogP contribution < -0.4 is 10.1 Å². The van der Waals surface area contributed by atoms with E-state index in [1.807, 2.05) is 65.0 Å². The summed E-state index contributed by atoms with van der Waals surface area (Å²) in [5.41, 5.74) is 1.34. The number of hydrogen-bond acceptors (Lipinski definition) is 6. The van der Waals surface area contributed by atoms with Crippen molar-refractivity contribution < 1.29 is 23.9 Å². The highest BCUT2D eigenvalue weighted by molar-refractivity contribution is 5.94. The highest BCUT2D eigenvalue weighted by Crippen LogP contribution is 2.27. The summed E-state index contributed by atoms with van der Waals surface area (Å²) in [6.45, 7) is 11.6. The molecule has 9 heteroatoms. The third-order valence-electron chi connectivity index (χ3n) is 5.17. The van der Waals surface area contributed by atoms with Gasteiger partial charge in [-0.1, -0.05) is 20.8 Å². The Morgan fingerprint density at radius 1 is 1.12 bits per heavy atom. The van der Waals surface area contributed by atoms with Gasteiger partial charge in [-0.2, -0.15) is 5.10 Å². The quantitative estimate of drug-likeness (QED) is 0.529. The van der Waals surface area contributed by atoms with Gasteiger partial charge in [-0.3, -0.25) is 14.4 Å². The van der Waals surface area contributed by atoms with Crippen molar-refractivity contribution >= 4 is 23.6 Å². The van der Waals surface area contributed by atoms with E-state index in [4.69, 9.17) is 14.6 Å². The van der Waals surface area contributed by atoms with Crippen molar-refractivity contribution in [3.8, 4) is 11.4 Å². The molecule has 0 aliphatic carbocycles. The summed E-state index contributed by atoms with van der Waals surface area (Å²) in [6, 6.07) is 8.98. The number of anilines is 1. The van der Waals surface area contributed by atoms with Crippen molar-refractivity contribution in [1.29, 1.82) is 0 Å². The lowest BCUT2D eigenvalue weighted by Crippen LogP contribution is -2.42. The molecule has 0 aliphatic heterocycles. The van der Waals surface area contributed by atoms with Crippen LogP contribution in [0.1, 0.15) is 60.1 Å². The lowest BCUT2D eigenvalue weighted by molar-refractivity contribution is -0.146. The molecule has 1 N–H and O–H groups in total. The minimum Gasteiger partial charge on any atom is -0.497 e.